The second-order valence-corrected chi connectivity index (χ2v) is 11.8. The first-order valence-corrected chi connectivity index (χ1v) is 14.9. The van der Waals surface area contributed by atoms with Gasteiger partial charge in [0.25, 0.3) is 5.69 Å². The smallest absolute Gasteiger partial charge is 0.269 e. The lowest BCUT2D eigenvalue weighted by Gasteiger charge is -2.27. The Bertz CT molecular complexity index is 1300. The minimum absolute atomic E-state index is 0.0746. The van der Waals surface area contributed by atoms with E-state index in [4.69, 9.17) is 33.7 Å². The molecule has 208 valence electrons. The number of anilines is 1. The summed E-state index contributed by atoms with van der Waals surface area (Å²) in [6.07, 6.45) is 8.90. The zero-order valence-electron chi connectivity index (χ0n) is 21.8. The third kappa shape index (κ3) is 7.94. The number of carbonyl (C=O) groups excluding carboxylic acids is 1. The van der Waals surface area contributed by atoms with Crippen LogP contribution in [0, 0.1) is 10.1 Å². The van der Waals surface area contributed by atoms with Crippen molar-refractivity contribution in [1.82, 2.24) is 4.90 Å². The maximum Gasteiger partial charge on any atom is 0.269 e. The van der Waals surface area contributed by atoms with Gasteiger partial charge >= 0.3 is 0 Å². The van der Waals surface area contributed by atoms with E-state index in [0.717, 1.165) is 50.9 Å². The van der Waals surface area contributed by atoms with Crippen molar-refractivity contribution in [3.8, 4) is 5.75 Å². The van der Waals surface area contributed by atoms with E-state index in [1.54, 1.807) is 30.3 Å². The summed E-state index contributed by atoms with van der Waals surface area (Å²) in [4.78, 5) is 27.1. The van der Waals surface area contributed by atoms with Gasteiger partial charge in [0.1, 0.15) is 5.75 Å². The van der Waals surface area contributed by atoms with Gasteiger partial charge in [-0.2, -0.15) is 0 Å². The molecule has 2 aromatic carbocycles. The molecule has 0 aliphatic carbocycles. The first-order valence-electron chi connectivity index (χ1n) is 13.3. The zero-order valence-corrected chi connectivity index (χ0v) is 24.1. The molecule has 10 heteroatoms. The van der Waals surface area contributed by atoms with Crippen LogP contribution < -0.4 is 10.5 Å². The predicted octanol–water partition coefficient (Wildman–Crippen LogP) is 7.94. The van der Waals surface area contributed by atoms with Crippen LogP contribution in [0.15, 0.2) is 42.5 Å². The van der Waals surface area contributed by atoms with E-state index in [1.807, 2.05) is 0 Å². The first-order chi connectivity index (χ1) is 18.8. The molecule has 0 bridgehead atoms. The minimum atomic E-state index is -0.410. The molecular formula is C29H33Cl2N3O4S. The SMILES string of the molecule is Nc1sc2c(c1C(=O)c1ccc(Cl)c(Cl)c1)CCN(CCCCCCCCCOc1ccc([N+](=O)[O-])cc1)C2. The number of unbranched alkanes of at least 4 members (excludes halogenated alkanes) is 6. The summed E-state index contributed by atoms with van der Waals surface area (Å²) in [5, 5.41) is 12.1. The molecule has 0 unspecified atom stereocenters. The standard InChI is InChI=1S/C29H33Cl2N3O4S/c30-24-13-8-20(18-25(24)31)28(35)27-23-14-16-33(19-26(23)39-29(27)32)15-6-4-2-1-3-5-7-17-38-22-11-9-21(10-12-22)34(36)37/h8-13,18H,1-7,14-17,19,32H2. The van der Waals surface area contributed by atoms with Gasteiger partial charge in [-0.3, -0.25) is 19.8 Å². The quantitative estimate of drug-likeness (QED) is 0.0886. The van der Waals surface area contributed by atoms with Crippen LogP contribution in [0.25, 0.3) is 0 Å². The molecule has 0 spiro atoms. The van der Waals surface area contributed by atoms with Crippen LogP contribution in [0.4, 0.5) is 10.7 Å². The second-order valence-electron chi connectivity index (χ2n) is 9.80. The third-order valence-electron chi connectivity index (χ3n) is 7.01. The normalized spacial score (nSPS) is 13.3. The largest absolute Gasteiger partial charge is 0.494 e. The topological polar surface area (TPSA) is 98.7 Å². The van der Waals surface area contributed by atoms with Crippen LogP contribution >= 0.6 is 34.5 Å². The van der Waals surface area contributed by atoms with Gasteiger partial charge in [0.2, 0.25) is 0 Å². The number of benzene rings is 2. The Labute approximate surface area is 243 Å². The number of carbonyl (C=O) groups is 1. The number of rotatable bonds is 14. The molecule has 1 aliphatic rings. The lowest BCUT2D eigenvalue weighted by Crippen LogP contribution is -2.31. The molecule has 0 atom stereocenters. The molecular weight excluding hydrogens is 557 g/mol. The summed E-state index contributed by atoms with van der Waals surface area (Å²) in [5.41, 5.74) is 8.61. The summed E-state index contributed by atoms with van der Waals surface area (Å²) in [5.74, 6) is 0.583. The molecule has 3 aromatic rings. The van der Waals surface area contributed by atoms with Crippen molar-refractivity contribution in [3.05, 3.63) is 84.2 Å². The first kappa shape index (κ1) is 29.3. The highest BCUT2D eigenvalue weighted by Crippen LogP contribution is 2.37. The summed E-state index contributed by atoms with van der Waals surface area (Å²) < 4.78 is 5.67. The Morgan fingerprint density at radius 3 is 2.38 bits per heavy atom. The maximum absolute atomic E-state index is 13.2. The highest BCUT2D eigenvalue weighted by atomic mass is 35.5. The minimum Gasteiger partial charge on any atom is -0.494 e. The zero-order chi connectivity index (χ0) is 27.8. The van der Waals surface area contributed by atoms with Crippen LogP contribution in [-0.4, -0.2) is 35.3 Å². The number of nitro groups is 1. The van der Waals surface area contributed by atoms with Crippen LogP contribution in [0.3, 0.4) is 0 Å². The monoisotopic (exact) mass is 589 g/mol. The Balaban J connectivity index is 1.10. The van der Waals surface area contributed by atoms with Gasteiger partial charge in [-0.15, -0.1) is 11.3 Å². The molecule has 0 amide bonds. The number of ketones is 1. The van der Waals surface area contributed by atoms with Crippen molar-refractivity contribution in [3.63, 3.8) is 0 Å². The van der Waals surface area contributed by atoms with Gasteiger partial charge < -0.3 is 10.5 Å². The Morgan fingerprint density at radius 2 is 1.69 bits per heavy atom. The molecule has 39 heavy (non-hydrogen) atoms. The number of fused-ring (bicyclic) bond motifs is 1. The van der Waals surface area contributed by atoms with Crippen LogP contribution in [0.5, 0.6) is 5.75 Å². The van der Waals surface area contributed by atoms with Crippen molar-refractivity contribution in [2.75, 3.05) is 25.4 Å². The number of thiophene rings is 1. The lowest BCUT2D eigenvalue weighted by molar-refractivity contribution is -0.384. The van der Waals surface area contributed by atoms with E-state index in [9.17, 15) is 14.9 Å². The van der Waals surface area contributed by atoms with Gasteiger partial charge in [0, 0.05) is 35.7 Å². The van der Waals surface area contributed by atoms with Crippen LogP contribution in [0.1, 0.15) is 71.3 Å². The Kier molecular flexibility index (Phi) is 10.6. The van der Waals surface area contributed by atoms with Gasteiger partial charge in [-0.1, -0.05) is 55.3 Å². The molecule has 0 fully saturated rings. The second kappa shape index (κ2) is 14.1. The van der Waals surface area contributed by atoms with E-state index >= 15 is 0 Å². The van der Waals surface area contributed by atoms with Crippen molar-refractivity contribution >= 4 is 51.0 Å². The number of non-ortho nitro benzene ring substituents is 1. The summed E-state index contributed by atoms with van der Waals surface area (Å²) in [6.45, 7) is 3.45. The summed E-state index contributed by atoms with van der Waals surface area (Å²) in [7, 11) is 0. The summed E-state index contributed by atoms with van der Waals surface area (Å²) in [6, 6.07) is 11.2. The molecule has 0 radical (unpaired) electrons. The number of hydrogen-bond donors (Lipinski definition) is 1. The van der Waals surface area contributed by atoms with Gasteiger partial charge in [0.15, 0.2) is 5.78 Å². The van der Waals surface area contributed by atoms with E-state index in [-0.39, 0.29) is 11.5 Å². The maximum atomic E-state index is 13.2. The van der Waals surface area contributed by atoms with Gasteiger partial charge in [-0.25, -0.2) is 0 Å². The molecule has 0 saturated carbocycles. The molecule has 2 heterocycles. The van der Waals surface area contributed by atoms with E-state index in [1.165, 1.54) is 54.0 Å². The molecule has 0 saturated heterocycles. The van der Waals surface area contributed by atoms with E-state index in [2.05, 4.69) is 4.90 Å². The predicted molar refractivity (Wildman–Crippen MR) is 159 cm³/mol. The fraction of sp³-hybridized carbons (Fsp3) is 0.414. The number of halogens is 2. The Hall–Kier alpha value is -2.65. The molecule has 1 aromatic heterocycles. The van der Waals surface area contributed by atoms with Gasteiger partial charge in [0.05, 0.1) is 32.1 Å². The fourth-order valence-corrected chi connectivity index (χ4v) is 6.33. The summed E-state index contributed by atoms with van der Waals surface area (Å²) >= 11 is 13.7. The lowest BCUT2D eigenvalue weighted by atomic mass is 9.96. The van der Waals surface area contributed by atoms with E-state index < -0.39 is 4.92 Å². The van der Waals surface area contributed by atoms with Crippen LogP contribution in [-0.2, 0) is 13.0 Å². The van der Waals surface area contributed by atoms with Crippen molar-refractivity contribution < 1.29 is 14.5 Å². The van der Waals surface area contributed by atoms with Crippen LogP contribution in [0.2, 0.25) is 10.0 Å². The number of nitrogens with two attached hydrogens (primary N) is 1. The number of nitrogens with zero attached hydrogens (tertiary/aromatic N) is 2. The Morgan fingerprint density at radius 1 is 1.00 bits per heavy atom. The number of hydrogen-bond acceptors (Lipinski definition) is 7. The average Bonchev–Trinajstić information content (AvgIpc) is 3.25. The highest BCUT2D eigenvalue weighted by Gasteiger charge is 2.27. The number of nitrogen functional groups attached to an aromatic ring is 1. The molecule has 1 aliphatic heterocycles. The average molecular weight is 591 g/mol. The fourth-order valence-electron chi connectivity index (χ4n) is 4.87. The van der Waals surface area contributed by atoms with Gasteiger partial charge in [-0.05, 0) is 61.7 Å². The van der Waals surface area contributed by atoms with Crippen molar-refractivity contribution in [2.24, 2.45) is 0 Å². The highest BCUT2D eigenvalue weighted by molar-refractivity contribution is 7.16. The molecule has 2 N–H and O–H groups in total. The number of nitro benzene ring substituents is 1. The third-order valence-corrected chi connectivity index (χ3v) is 8.79. The van der Waals surface area contributed by atoms with Crippen molar-refractivity contribution in [2.45, 2.75) is 57.9 Å². The van der Waals surface area contributed by atoms with Crippen molar-refractivity contribution in [1.29, 1.82) is 0 Å². The molecule has 7 nitrogen and oxygen atoms in total. The van der Waals surface area contributed by atoms with E-state index in [0.29, 0.717) is 38.5 Å². The molecule has 4 rings (SSSR count). The number of ether oxygens (including phenoxy) is 1.